The number of carbonyl (C=O) groups is 1. The average Bonchev–Trinajstić information content (AvgIpc) is 2.66. The van der Waals surface area contributed by atoms with Crippen molar-refractivity contribution in [3.8, 4) is 5.75 Å². The second-order valence-electron chi connectivity index (χ2n) is 6.42. The van der Waals surface area contributed by atoms with E-state index in [0.717, 1.165) is 0 Å². The van der Waals surface area contributed by atoms with Crippen LogP contribution in [0.1, 0.15) is 27.2 Å². The third-order valence-corrected chi connectivity index (χ3v) is 5.56. The highest BCUT2D eigenvalue weighted by Gasteiger charge is 2.42. The van der Waals surface area contributed by atoms with Gasteiger partial charge in [-0.1, -0.05) is 0 Å². The van der Waals surface area contributed by atoms with Crippen molar-refractivity contribution in [2.24, 2.45) is 0 Å². The van der Waals surface area contributed by atoms with Crippen LogP contribution in [-0.4, -0.2) is 37.0 Å². The molecule has 2 rings (SSSR count). The fraction of sp³-hybridized carbons (Fsp3) is 0.533. The van der Waals surface area contributed by atoms with Gasteiger partial charge in [-0.25, -0.2) is 12.8 Å². The van der Waals surface area contributed by atoms with Crippen molar-refractivity contribution < 1.29 is 22.3 Å². The highest BCUT2D eigenvalue weighted by atomic mass is 32.2. The van der Waals surface area contributed by atoms with Crippen molar-refractivity contribution in [1.82, 2.24) is 5.32 Å². The van der Waals surface area contributed by atoms with Crippen molar-refractivity contribution in [1.29, 1.82) is 0 Å². The van der Waals surface area contributed by atoms with Crippen LogP contribution in [0.5, 0.6) is 5.75 Å². The monoisotopic (exact) mass is 329 g/mol. The molecule has 1 aromatic rings. The first-order chi connectivity index (χ1) is 10.0. The zero-order valence-corrected chi connectivity index (χ0v) is 13.7. The molecule has 0 spiro atoms. The van der Waals surface area contributed by atoms with Crippen molar-refractivity contribution in [3.05, 3.63) is 30.1 Å². The molecule has 0 saturated carbocycles. The molecule has 1 aliphatic heterocycles. The minimum atomic E-state index is -3.11. The second kappa shape index (κ2) is 5.53. The van der Waals surface area contributed by atoms with Gasteiger partial charge in [0.25, 0.3) is 5.91 Å². The molecule has 1 N–H and O–H groups in total. The minimum Gasteiger partial charge on any atom is -0.478 e. The Morgan fingerprint density at radius 1 is 1.32 bits per heavy atom. The van der Waals surface area contributed by atoms with Gasteiger partial charge in [0.15, 0.2) is 15.4 Å². The molecule has 1 aromatic carbocycles. The van der Waals surface area contributed by atoms with Gasteiger partial charge in [0.1, 0.15) is 11.6 Å². The first kappa shape index (κ1) is 16.7. The number of ether oxygens (including phenoxy) is 1. The lowest BCUT2D eigenvalue weighted by Gasteiger charge is -2.31. The molecule has 0 aromatic heterocycles. The van der Waals surface area contributed by atoms with Gasteiger partial charge in [-0.3, -0.25) is 4.79 Å². The van der Waals surface area contributed by atoms with Crippen LogP contribution in [0.15, 0.2) is 24.3 Å². The number of benzene rings is 1. The Hall–Kier alpha value is -1.63. The number of hydrogen-bond donors (Lipinski definition) is 1. The Labute approximate surface area is 129 Å². The normalized spacial score (nSPS) is 24.0. The number of nitrogens with one attached hydrogen (secondary N) is 1. The average molecular weight is 329 g/mol. The summed E-state index contributed by atoms with van der Waals surface area (Å²) in [5, 5.41) is 2.77. The van der Waals surface area contributed by atoms with E-state index in [9.17, 15) is 17.6 Å². The van der Waals surface area contributed by atoms with Crippen molar-refractivity contribution in [2.75, 3.05) is 11.5 Å². The largest absolute Gasteiger partial charge is 0.478 e. The number of rotatable bonds is 4. The fourth-order valence-corrected chi connectivity index (χ4v) is 4.47. The van der Waals surface area contributed by atoms with E-state index in [-0.39, 0.29) is 11.5 Å². The predicted octanol–water partition coefficient (Wildman–Crippen LogP) is 1.68. The maximum absolute atomic E-state index is 12.9. The summed E-state index contributed by atoms with van der Waals surface area (Å²) in [6.45, 7) is 4.88. The lowest BCUT2D eigenvalue weighted by atomic mass is 9.99. The molecule has 0 aliphatic carbocycles. The van der Waals surface area contributed by atoms with Crippen LogP contribution in [0.4, 0.5) is 4.39 Å². The van der Waals surface area contributed by atoms with Crippen molar-refractivity contribution in [3.63, 3.8) is 0 Å². The Bertz CT molecular complexity index is 669. The van der Waals surface area contributed by atoms with Crippen LogP contribution >= 0.6 is 0 Å². The van der Waals surface area contributed by atoms with Crippen molar-refractivity contribution >= 4 is 15.7 Å². The summed E-state index contributed by atoms with van der Waals surface area (Å²) in [6.07, 6.45) is 0.383. The molecule has 1 unspecified atom stereocenters. The third-order valence-electron chi connectivity index (χ3n) is 3.65. The molecule has 1 heterocycles. The number of carbonyl (C=O) groups excluding carboxylic acids is 1. The summed E-state index contributed by atoms with van der Waals surface area (Å²) < 4.78 is 41.6. The molecular weight excluding hydrogens is 309 g/mol. The highest BCUT2D eigenvalue weighted by Crippen LogP contribution is 2.25. The minimum absolute atomic E-state index is 0.0711. The maximum Gasteiger partial charge on any atom is 0.264 e. The van der Waals surface area contributed by atoms with E-state index in [1.165, 1.54) is 24.3 Å². The number of amides is 1. The Morgan fingerprint density at radius 2 is 1.91 bits per heavy atom. The maximum atomic E-state index is 12.9. The standard InChI is InChI=1S/C15H20FNO4S/c1-14(2,21-12-6-4-11(16)5-7-12)13(18)17-15(3)8-9-22(19,20)10-15/h4-7H,8-10H2,1-3H3,(H,17,18). The van der Waals surface area contributed by atoms with Crippen LogP contribution < -0.4 is 10.1 Å². The third kappa shape index (κ3) is 3.97. The summed E-state index contributed by atoms with van der Waals surface area (Å²) in [7, 11) is -3.11. The van der Waals surface area contributed by atoms with Gasteiger partial charge in [-0.15, -0.1) is 0 Å². The summed E-state index contributed by atoms with van der Waals surface area (Å²) >= 11 is 0. The molecule has 1 aliphatic rings. The van der Waals surface area contributed by atoms with Gasteiger partial charge in [-0.2, -0.15) is 0 Å². The Morgan fingerprint density at radius 3 is 2.41 bits per heavy atom. The Balaban J connectivity index is 2.06. The van der Waals surface area contributed by atoms with E-state index in [0.29, 0.717) is 12.2 Å². The number of sulfone groups is 1. The van der Waals surface area contributed by atoms with Crippen molar-refractivity contribution in [2.45, 2.75) is 38.3 Å². The van der Waals surface area contributed by atoms with Crippen LogP contribution in [0.2, 0.25) is 0 Å². The lowest BCUT2D eigenvalue weighted by Crippen LogP contribution is -2.55. The molecule has 5 nitrogen and oxygen atoms in total. The lowest BCUT2D eigenvalue weighted by molar-refractivity contribution is -0.135. The van der Waals surface area contributed by atoms with E-state index in [1.54, 1.807) is 20.8 Å². The summed E-state index contributed by atoms with van der Waals surface area (Å²) in [4.78, 5) is 12.4. The van der Waals surface area contributed by atoms with E-state index < -0.39 is 32.7 Å². The van der Waals surface area contributed by atoms with Gasteiger partial charge in [0.2, 0.25) is 0 Å². The molecule has 1 amide bonds. The van der Waals surface area contributed by atoms with Gasteiger partial charge < -0.3 is 10.1 Å². The molecule has 22 heavy (non-hydrogen) atoms. The van der Waals surface area contributed by atoms with Crippen LogP contribution in [0, 0.1) is 5.82 Å². The SMILES string of the molecule is CC1(NC(=O)C(C)(C)Oc2ccc(F)cc2)CCS(=O)(=O)C1. The van der Waals surface area contributed by atoms with Gasteiger partial charge in [0.05, 0.1) is 17.0 Å². The van der Waals surface area contributed by atoms with Gasteiger partial charge in [0, 0.05) is 0 Å². The van der Waals surface area contributed by atoms with Crippen LogP contribution in [0.3, 0.4) is 0 Å². The molecule has 1 atom stereocenters. The smallest absolute Gasteiger partial charge is 0.264 e. The summed E-state index contributed by atoms with van der Waals surface area (Å²) in [5.74, 6) is -0.429. The molecule has 1 saturated heterocycles. The van der Waals surface area contributed by atoms with Gasteiger partial charge in [-0.05, 0) is 51.5 Å². The summed E-state index contributed by atoms with van der Waals surface area (Å²) in [5.41, 5.74) is -1.98. The zero-order valence-electron chi connectivity index (χ0n) is 12.8. The van der Waals surface area contributed by atoms with E-state index in [2.05, 4.69) is 5.32 Å². The first-order valence-corrected chi connectivity index (χ1v) is 8.81. The molecular formula is C15H20FNO4S. The topological polar surface area (TPSA) is 72.5 Å². The first-order valence-electron chi connectivity index (χ1n) is 6.99. The van der Waals surface area contributed by atoms with Crippen LogP contribution in [-0.2, 0) is 14.6 Å². The second-order valence-corrected chi connectivity index (χ2v) is 8.61. The Kier molecular flexibility index (Phi) is 4.21. The summed E-state index contributed by atoms with van der Waals surface area (Å²) in [6, 6.07) is 5.36. The molecule has 7 heteroatoms. The quantitative estimate of drug-likeness (QED) is 0.912. The van der Waals surface area contributed by atoms with E-state index in [1.807, 2.05) is 0 Å². The highest BCUT2D eigenvalue weighted by molar-refractivity contribution is 7.91. The molecule has 122 valence electrons. The predicted molar refractivity (Wildman–Crippen MR) is 80.9 cm³/mol. The van der Waals surface area contributed by atoms with E-state index >= 15 is 0 Å². The molecule has 0 bridgehead atoms. The van der Waals surface area contributed by atoms with Crippen LogP contribution in [0.25, 0.3) is 0 Å². The molecule has 1 fully saturated rings. The van der Waals surface area contributed by atoms with Gasteiger partial charge >= 0.3 is 0 Å². The van der Waals surface area contributed by atoms with E-state index in [4.69, 9.17) is 4.74 Å². The molecule has 0 radical (unpaired) electrons. The number of halogens is 1. The fourth-order valence-electron chi connectivity index (χ4n) is 2.38. The zero-order chi connectivity index (χ0) is 16.6. The number of hydrogen-bond acceptors (Lipinski definition) is 4.